The van der Waals surface area contributed by atoms with E-state index in [0.717, 1.165) is 84.4 Å². The fourth-order valence-electron chi connectivity index (χ4n) is 6.46. The average molecular weight is 653 g/mol. The number of amides is 2. The predicted octanol–water partition coefficient (Wildman–Crippen LogP) is 5.32. The predicted molar refractivity (Wildman–Crippen MR) is 153 cm³/mol. The summed E-state index contributed by atoms with van der Waals surface area (Å²) in [7, 11) is 0. The zero-order valence-electron chi connectivity index (χ0n) is 20.9. The highest BCUT2D eigenvalue weighted by atomic mass is 79.9. The number of fused-ring (bicyclic) bond motifs is 2. The Morgan fingerprint density at radius 2 is 1.70 bits per heavy atom. The standard InChI is InChI=1S/C28H33Br2ClN4O2/c29-21-12-20-2-1-19-13-22(31)14-23(30)26(19)27(28(20)33-15-21)18-5-9-35(10-6-18)25(37)11-17-3-7-34(8-4-17)16-24(32)36/h12-15,17-18,27H,1-11,16H2,(H2,32,36). The van der Waals surface area contributed by atoms with Gasteiger partial charge in [0.2, 0.25) is 11.8 Å². The van der Waals surface area contributed by atoms with Gasteiger partial charge in [0, 0.05) is 45.6 Å². The van der Waals surface area contributed by atoms with Crippen LogP contribution >= 0.6 is 43.5 Å². The lowest BCUT2D eigenvalue weighted by atomic mass is 9.76. The third-order valence-corrected chi connectivity index (χ3v) is 9.64. The first-order valence-electron chi connectivity index (χ1n) is 13.2. The summed E-state index contributed by atoms with van der Waals surface area (Å²) in [5.41, 5.74) is 10.4. The Balaban J connectivity index is 1.27. The molecular weight excluding hydrogens is 620 g/mol. The number of primary amides is 1. The van der Waals surface area contributed by atoms with E-state index in [1.54, 1.807) is 0 Å². The van der Waals surface area contributed by atoms with Crippen molar-refractivity contribution in [3.05, 3.63) is 60.7 Å². The van der Waals surface area contributed by atoms with E-state index in [0.29, 0.717) is 24.8 Å². The van der Waals surface area contributed by atoms with Crippen LogP contribution in [0.5, 0.6) is 0 Å². The number of carbonyl (C=O) groups excluding carboxylic acids is 2. The Morgan fingerprint density at radius 3 is 2.41 bits per heavy atom. The lowest BCUT2D eigenvalue weighted by Crippen LogP contribution is -2.43. The molecule has 2 amide bonds. The number of aromatic nitrogens is 1. The van der Waals surface area contributed by atoms with Crippen molar-refractivity contribution in [2.75, 3.05) is 32.7 Å². The number of piperidine rings is 2. The molecule has 2 saturated heterocycles. The Hall–Kier alpha value is -1.48. The Bertz CT molecular complexity index is 1180. The molecule has 5 rings (SSSR count). The topological polar surface area (TPSA) is 79.5 Å². The smallest absolute Gasteiger partial charge is 0.231 e. The number of aryl methyl sites for hydroxylation is 2. The van der Waals surface area contributed by atoms with E-state index in [4.69, 9.17) is 22.3 Å². The number of nitrogens with two attached hydrogens (primary N) is 1. The maximum Gasteiger partial charge on any atom is 0.231 e. The highest BCUT2D eigenvalue weighted by Gasteiger charge is 2.36. The minimum atomic E-state index is -0.283. The molecule has 3 aliphatic rings. The number of rotatable bonds is 5. The van der Waals surface area contributed by atoms with Crippen molar-refractivity contribution < 1.29 is 9.59 Å². The van der Waals surface area contributed by atoms with Crippen LogP contribution in [0, 0.1) is 11.8 Å². The van der Waals surface area contributed by atoms with E-state index in [2.05, 4.69) is 53.8 Å². The molecule has 2 aliphatic heterocycles. The first-order valence-corrected chi connectivity index (χ1v) is 15.2. The summed E-state index contributed by atoms with van der Waals surface area (Å²) >= 11 is 13.9. The molecule has 2 fully saturated rings. The van der Waals surface area contributed by atoms with Gasteiger partial charge in [-0.2, -0.15) is 0 Å². The van der Waals surface area contributed by atoms with E-state index in [1.807, 2.05) is 12.3 Å². The van der Waals surface area contributed by atoms with Crippen LogP contribution < -0.4 is 5.73 Å². The van der Waals surface area contributed by atoms with Crippen LogP contribution in [0.2, 0.25) is 5.02 Å². The summed E-state index contributed by atoms with van der Waals surface area (Å²) in [5, 5.41) is 0.755. The number of hydrogen-bond donors (Lipinski definition) is 1. The minimum absolute atomic E-state index is 0.180. The molecule has 1 aromatic carbocycles. The summed E-state index contributed by atoms with van der Waals surface area (Å²) in [6.07, 6.45) is 8.20. The van der Waals surface area contributed by atoms with Crippen LogP contribution in [0.1, 0.15) is 60.4 Å². The number of carbonyl (C=O) groups is 2. The number of benzene rings is 1. The van der Waals surface area contributed by atoms with Gasteiger partial charge in [0.25, 0.3) is 0 Å². The van der Waals surface area contributed by atoms with Crippen LogP contribution in [0.4, 0.5) is 0 Å². The molecule has 0 spiro atoms. The van der Waals surface area contributed by atoms with Crippen molar-refractivity contribution in [1.82, 2.24) is 14.8 Å². The monoisotopic (exact) mass is 650 g/mol. The molecule has 1 aliphatic carbocycles. The number of likely N-dealkylation sites (tertiary alicyclic amines) is 2. The number of halogens is 3. The number of pyridine rings is 1. The average Bonchev–Trinajstić information content (AvgIpc) is 3.02. The largest absolute Gasteiger partial charge is 0.369 e. The second-order valence-corrected chi connectivity index (χ2v) is 13.0. The van der Waals surface area contributed by atoms with Crippen molar-refractivity contribution in [1.29, 1.82) is 0 Å². The molecule has 198 valence electrons. The summed E-state index contributed by atoms with van der Waals surface area (Å²) in [6.45, 7) is 3.56. The molecule has 1 unspecified atom stereocenters. The van der Waals surface area contributed by atoms with Crippen LogP contribution in [0.15, 0.2) is 33.3 Å². The zero-order chi connectivity index (χ0) is 26.1. The highest BCUT2D eigenvalue weighted by Crippen LogP contribution is 2.46. The number of hydrogen-bond acceptors (Lipinski definition) is 4. The summed E-state index contributed by atoms with van der Waals surface area (Å²) in [6, 6.07) is 6.33. The molecular formula is C28H33Br2ClN4O2. The molecule has 9 heteroatoms. The van der Waals surface area contributed by atoms with Gasteiger partial charge in [-0.15, -0.1) is 0 Å². The van der Waals surface area contributed by atoms with E-state index >= 15 is 0 Å². The lowest BCUT2D eigenvalue weighted by molar-refractivity contribution is -0.134. The van der Waals surface area contributed by atoms with Crippen LogP contribution in [-0.2, 0) is 22.4 Å². The normalized spacial score (nSPS) is 21.3. The van der Waals surface area contributed by atoms with E-state index in [-0.39, 0.29) is 17.7 Å². The molecule has 0 radical (unpaired) electrons. The molecule has 1 atom stereocenters. The molecule has 0 saturated carbocycles. The van der Waals surface area contributed by atoms with Crippen molar-refractivity contribution in [2.45, 2.75) is 50.9 Å². The zero-order valence-corrected chi connectivity index (χ0v) is 24.8. The maximum absolute atomic E-state index is 13.2. The third kappa shape index (κ3) is 6.23. The third-order valence-electron chi connectivity index (χ3n) is 8.33. The molecule has 1 aromatic heterocycles. The quantitative estimate of drug-likeness (QED) is 0.475. The molecule has 3 heterocycles. The van der Waals surface area contributed by atoms with Crippen molar-refractivity contribution >= 4 is 55.3 Å². The van der Waals surface area contributed by atoms with Gasteiger partial charge in [0.15, 0.2) is 0 Å². The van der Waals surface area contributed by atoms with Gasteiger partial charge < -0.3 is 10.6 Å². The van der Waals surface area contributed by atoms with Gasteiger partial charge in [-0.05, 0) is 114 Å². The SMILES string of the molecule is NC(=O)CN1CCC(CC(=O)N2CCC(C3c4ncc(Br)cc4CCc4cc(Cl)cc(Br)c43)CC2)CC1. The fourth-order valence-corrected chi connectivity index (χ4v) is 7.96. The Morgan fingerprint density at radius 1 is 1.00 bits per heavy atom. The van der Waals surface area contributed by atoms with E-state index in [9.17, 15) is 9.59 Å². The Kier molecular flexibility index (Phi) is 8.59. The summed E-state index contributed by atoms with van der Waals surface area (Å²) < 4.78 is 2.06. The van der Waals surface area contributed by atoms with Gasteiger partial charge >= 0.3 is 0 Å². The van der Waals surface area contributed by atoms with Crippen LogP contribution in [0.3, 0.4) is 0 Å². The molecule has 0 bridgehead atoms. The van der Waals surface area contributed by atoms with Gasteiger partial charge in [0.1, 0.15) is 0 Å². The van der Waals surface area contributed by atoms with Crippen molar-refractivity contribution in [2.24, 2.45) is 17.6 Å². The number of nitrogens with zero attached hydrogens (tertiary/aromatic N) is 3. The Labute approximate surface area is 240 Å². The molecule has 37 heavy (non-hydrogen) atoms. The first-order chi connectivity index (χ1) is 17.8. The van der Waals surface area contributed by atoms with Gasteiger partial charge in [0.05, 0.1) is 12.2 Å². The lowest BCUT2D eigenvalue weighted by Gasteiger charge is -2.38. The molecule has 2 N–H and O–H groups in total. The highest BCUT2D eigenvalue weighted by molar-refractivity contribution is 9.10. The summed E-state index contributed by atoms with van der Waals surface area (Å²) in [5.74, 6) is 0.956. The summed E-state index contributed by atoms with van der Waals surface area (Å²) in [4.78, 5) is 33.5. The van der Waals surface area contributed by atoms with Crippen LogP contribution in [0.25, 0.3) is 0 Å². The molecule has 6 nitrogen and oxygen atoms in total. The van der Waals surface area contributed by atoms with Gasteiger partial charge in [-0.1, -0.05) is 27.5 Å². The van der Waals surface area contributed by atoms with Crippen LogP contribution in [-0.4, -0.2) is 59.3 Å². The first kappa shape index (κ1) is 27.1. The second-order valence-electron chi connectivity index (χ2n) is 10.7. The van der Waals surface area contributed by atoms with E-state index in [1.165, 1.54) is 16.7 Å². The maximum atomic E-state index is 13.2. The van der Waals surface area contributed by atoms with Crippen molar-refractivity contribution in [3.63, 3.8) is 0 Å². The minimum Gasteiger partial charge on any atom is -0.369 e. The van der Waals surface area contributed by atoms with Gasteiger partial charge in [-0.3, -0.25) is 19.5 Å². The second kappa shape index (κ2) is 11.7. The van der Waals surface area contributed by atoms with Crippen molar-refractivity contribution in [3.8, 4) is 0 Å². The van der Waals surface area contributed by atoms with E-state index < -0.39 is 0 Å². The van der Waals surface area contributed by atoms with Gasteiger partial charge in [-0.25, -0.2) is 0 Å². The molecule has 2 aromatic rings. The fraction of sp³-hybridized carbons (Fsp3) is 0.536.